The number of benzene rings is 1. The van der Waals surface area contributed by atoms with Gasteiger partial charge in [-0.15, -0.1) is 0 Å². The Hall–Kier alpha value is -1.12. The number of nitrogens with one attached hydrogen (secondary N) is 1. The minimum atomic E-state index is -3.04. The molecule has 5 nitrogen and oxygen atoms in total. The van der Waals surface area contributed by atoms with Crippen LogP contribution < -0.4 is 5.32 Å². The number of carbonyl (C=O) groups is 1. The molecule has 0 spiro atoms. The molecule has 0 aromatic heterocycles. The number of hydrogen-bond acceptors (Lipinski definition) is 5. The van der Waals surface area contributed by atoms with Crippen LogP contribution in [0.2, 0.25) is 0 Å². The van der Waals surface area contributed by atoms with Crippen LogP contribution in [0.15, 0.2) is 24.3 Å². The summed E-state index contributed by atoms with van der Waals surface area (Å²) >= 11 is 6.95. The van der Waals surface area contributed by atoms with Crippen LogP contribution in [0.3, 0.4) is 0 Å². The standard InChI is InChI=1S/C15H20N2O3S3/c1-22-8-7-13-14(18)17(15(21)16-13)9-11-3-5-12(6-4-11)10-23(2,19)20/h3-6,13H,7-10H2,1-2H3,(H,16,21)/t13-/m0/s1. The molecule has 0 bridgehead atoms. The van der Waals surface area contributed by atoms with E-state index < -0.39 is 9.84 Å². The molecule has 1 atom stereocenters. The summed E-state index contributed by atoms with van der Waals surface area (Å²) in [6.07, 6.45) is 3.97. The highest BCUT2D eigenvalue weighted by molar-refractivity contribution is 7.98. The van der Waals surface area contributed by atoms with Crippen molar-refractivity contribution in [2.75, 3.05) is 18.3 Å². The van der Waals surface area contributed by atoms with Gasteiger partial charge in [0.25, 0.3) is 5.91 Å². The lowest BCUT2D eigenvalue weighted by Gasteiger charge is -2.15. The summed E-state index contributed by atoms with van der Waals surface area (Å²) < 4.78 is 22.6. The maximum absolute atomic E-state index is 12.4. The summed E-state index contributed by atoms with van der Waals surface area (Å²) in [6.45, 7) is 0.402. The molecule has 1 amide bonds. The second kappa shape index (κ2) is 7.63. The lowest BCUT2D eigenvalue weighted by molar-refractivity contribution is -0.127. The number of thioether (sulfide) groups is 1. The van der Waals surface area contributed by atoms with Crippen molar-refractivity contribution in [2.24, 2.45) is 0 Å². The number of sulfone groups is 1. The quantitative estimate of drug-likeness (QED) is 0.733. The fourth-order valence-electron chi connectivity index (χ4n) is 2.38. The monoisotopic (exact) mass is 372 g/mol. The van der Waals surface area contributed by atoms with Crippen LogP contribution in [0.4, 0.5) is 0 Å². The number of hydrogen-bond donors (Lipinski definition) is 1. The molecule has 1 aromatic rings. The first kappa shape index (κ1) is 18.2. The third-order valence-corrected chi connectivity index (χ3v) is 5.35. The van der Waals surface area contributed by atoms with Gasteiger partial charge in [-0.1, -0.05) is 24.3 Å². The van der Waals surface area contributed by atoms with E-state index in [9.17, 15) is 13.2 Å². The highest BCUT2D eigenvalue weighted by atomic mass is 32.2. The van der Waals surface area contributed by atoms with Crippen LogP contribution in [-0.4, -0.2) is 48.6 Å². The third kappa shape index (κ3) is 5.19. The van der Waals surface area contributed by atoms with Crippen molar-refractivity contribution < 1.29 is 13.2 Å². The van der Waals surface area contributed by atoms with Crippen molar-refractivity contribution in [1.29, 1.82) is 0 Å². The minimum absolute atomic E-state index is 0.00395. The predicted molar refractivity (Wildman–Crippen MR) is 98.1 cm³/mol. The van der Waals surface area contributed by atoms with E-state index in [1.54, 1.807) is 28.8 Å². The van der Waals surface area contributed by atoms with Crippen LogP contribution in [0.1, 0.15) is 17.5 Å². The molecule has 1 aliphatic heterocycles. The van der Waals surface area contributed by atoms with Gasteiger partial charge in [-0.3, -0.25) is 9.69 Å². The number of nitrogens with zero attached hydrogens (tertiary/aromatic N) is 1. The van der Waals surface area contributed by atoms with Crippen molar-refractivity contribution >= 4 is 44.8 Å². The van der Waals surface area contributed by atoms with E-state index in [0.717, 1.165) is 23.3 Å². The fourth-order valence-corrected chi connectivity index (χ4v) is 3.95. The van der Waals surface area contributed by atoms with Gasteiger partial charge < -0.3 is 5.32 Å². The Morgan fingerprint density at radius 2 is 1.87 bits per heavy atom. The Morgan fingerprint density at radius 1 is 1.26 bits per heavy atom. The first-order valence-electron chi connectivity index (χ1n) is 7.16. The molecule has 0 aliphatic carbocycles. The molecule has 126 valence electrons. The van der Waals surface area contributed by atoms with Crippen LogP contribution in [0, 0.1) is 0 Å². The summed E-state index contributed by atoms with van der Waals surface area (Å²) in [7, 11) is -3.04. The van der Waals surface area contributed by atoms with Gasteiger partial charge in [0.15, 0.2) is 14.9 Å². The van der Waals surface area contributed by atoms with E-state index in [1.807, 2.05) is 18.4 Å². The normalized spacial score (nSPS) is 18.3. The Balaban J connectivity index is 2.01. The van der Waals surface area contributed by atoms with E-state index >= 15 is 0 Å². The van der Waals surface area contributed by atoms with E-state index in [1.165, 1.54) is 6.26 Å². The van der Waals surface area contributed by atoms with Crippen molar-refractivity contribution in [3.05, 3.63) is 35.4 Å². The SMILES string of the molecule is CSCC[C@@H]1NC(=S)N(Cc2ccc(CS(C)(=O)=O)cc2)C1=O. The van der Waals surface area contributed by atoms with Crippen molar-refractivity contribution in [3.63, 3.8) is 0 Å². The van der Waals surface area contributed by atoms with Crippen molar-refractivity contribution in [1.82, 2.24) is 10.2 Å². The second-order valence-electron chi connectivity index (χ2n) is 5.59. The minimum Gasteiger partial charge on any atom is -0.350 e. The first-order chi connectivity index (χ1) is 10.8. The van der Waals surface area contributed by atoms with Crippen molar-refractivity contribution in [3.8, 4) is 0 Å². The van der Waals surface area contributed by atoms with Gasteiger partial charge in [-0.2, -0.15) is 11.8 Å². The smallest absolute Gasteiger partial charge is 0.251 e. The Morgan fingerprint density at radius 3 is 2.43 bits per heavy atom. The molecule has 1 aliphatic rings. The van der Waals surface area contributed by atoms with Gasteiger partial charge in [-0.05, 0) is 41.8 Å². The highest BCUT2D eigenvalue weighted by Gasteiger charge is 2.34. The van der Waals surface area contributed by atoms with E-state index in [2.05, 4.69) is 5.32 Å². The summed E-state index contributed by atoms with van der Waals surface area (Å²) in [5, 5.41) is 3.53. The van der Waals surface area contributed by atoms with Crippen molar-refractivity contribution in [2.45, 2.75) is 24.8 Å². The van der Waals surface area contributed by atoms with Gasteiger partial charge >= 0.3 is 0 Å². The average molecular weight is 373 g/mol. The zero-order chi connectivity index (χ0) is 17.0. The van der Waals surface area contributed by atoms with Gasteiger partial charge in [-0.25, -0.2) is 8.42 Å². The number of carbonyl (C=O) groups excluding carboxylic acids is 1. The Labute approximate surface area is 146 Å². The fraction of sp³-hybridized carbons (Fsp3) is 0.467. The largest absolute Gasteiger partial charge is 0.350 e. The molecule has 0 unspecified atom stereocenters. The third-order valence-electron chi connectivity index (χ3n) is 3.51. The van der Waals surface area contributed by atoms with Crippen LogP contribution in [0.25, 0.3) is 0 Å². The van der Waals surface area contributed by atoms with Crippen LogP contribution >= 0.6 is 24.0 Å². The predicted octanol–water partition coefficient (Wildman–Crippen LogP) is 1.57. The summed E-state index contributed by atoms with van der Waals surface area (Å²) in [5.74, 6) is 0.927. The Kier molecular flexibility index (Phi) is 6.05. The number of rotatable bonds is 7. The molecule has 1 N–H and O–H groups in total. The maximum atomic E-state index is 12.4. The lowest BCUT2D eigenvalue weighted by atomic mass is 10.1. The van der Waals surface area contributed by atoms with E-state index in [-0.39, 0.29) is 17.7 Å². The van der Waals surface area contributed by atoms with Crippen LogP contribution in [0.5, 0.6) is 0 Å². The maximum Gasteiger partial charge on any atom is 0.251 e. The van der Waals surface area contributed by atoms with Gasteiger partial charge in [0.2, 0.25) is 0 Å². The van der Waals surface area contributed by atoms with Gasteiger partial charge in [0.05, 0.1) is 12.3 Å². The number of amides is 1. The molecule has 1 saturated heterocycles. The van der Waals surface area contributed by atoms with Gasteiger partial charge in [0.1, 0.15) is 6.04 Å². The molecule has 1 aromatic carbocycles. The van der Waals surface area contributed by atoms with Gasteiger partial charge in [0, 0.05) is 6.26 Å². The molecule has 0 saturated carbocycles. The molecule has 0 radical (unpaired) electrons. The van der Waals surface area contributed by atoms with E-state index in [0.29, 0.717) is 11.7 Å². The highest BCUT2D eigenvalue weighted by Crippen LogP contribution is 2.16. The zero-order valence-corrected chi connectivity index (χ0v) is 15.6. The molecule has 8 heteroatoms. The molecule has 2 rings (SSSR count). The Bertz CT molecular complexity index is 686. The zero-order valence-electron chi connectivity index (χ0n) is 13.1. The molecule has 23 heavy (non-hydrogen) atoms. The summed E-state index contributed by atoms with van der Waals surface area (Å²) in [6, 6.07) is 6.99. The van der Waals surface area contributed by atoms with Crippen LogP contribution in [-0.2, 0) is 26.9 Å². The summed E-state index contributed by atoms with van der Waals surface area (Å²) in [4.78, 5) is 13.9. The molecule has 1 heterocycles. The second-order valence-corrected chi connectivity index (χ2v) is 9.11. The topological polar surface area (TPSA) is 66.5 Å². The summed E-state index contributed by atoms with van der Waals surface area (Å²) in [5.41, 5.74) is 1.66. The molecular formula is C15H20N2O3S3. The molecular weight excluding hydrogens is 352 g/mol. The van der Waals surface area contributed by atoms with E-state index in [4.69, 9.17) is 12.2 Å². The first-order valence-corrected chi connectivity index (χ1v) is 11.0. The molecule has 1 fully saturated rings. The average Bonchev–Trinajstić information content (AvgIpc) is 2.73. The lowest BCUT2D eigenvalue weighted by Crippen LogP contribution is -2.31. The number of thiocarbonyl (C=S) groups is 1.